The lowest BCUT2D eigenvalue weighted by Gasteiger charge is -2.05. The van der Waals surface area contributed by atoms with Crippen molar-refractivity contribution >= 4 is 27.5 Å². The van der Waals surface area contributed by atoms with E-state index in [9.17, 15) is 14.0 Å². The minimum atomic E-state index is -2.39. The number of aliphatic carboxylic acids is 1. The molecule has 1 atom stereocenters. The van der Waals surface area contributed by atoms with Crippen molar-refractivity contribution in [2.45, 2.75) is 6.30 Å². The van der Waals surface area contributed by atoms with E-state index in [0.717, 1.165) is 17.7 Å². The summed E-state index contributed by atoms with van der Waals surface area (Å²) in [6.45, 7) is 0. The molecule has 1 unspecified atom stereocenters. The molecule has 78 valence electrons. The third-order valence-corrected chi connectivity index (χ3v) is 2.73. The van der Waals surface area contributed by atoms with Gasteiger partial charge in [0.2, 0.25) is 0 Å². The van der Waals surface area contributed by atoms with E-state index in [1.165, 1.54) is 0 Å². The fourth-order valence-corrected chi connectivity index (χ4v) is 1.92. The molecule has 5 nitrogen and oxygen atoms in total. The standard InChI is InChI=1S/C8H5FN2O3S/c9-6(8(13)14)11-3-10-4-1-2-15-5(4)7(11)12/h1-3,6H,(H,13,14). The van der Waals surface area contributed by atoms with Crippen LogP contribution < -0.4 is 5.56 Å². The third-order valence-electron chi connectivity index (χ3n) is 1.84. The maximum Gasteiger partial charge on any atom is 0.360 e. The number of carboxylic acid groups (broad SMARTS) is 1. The Morgan fingerprint density at radius 3 is 3.07 bits per heavy atom. The second-order valence-electron chi connectivity index (χ2n) is 2.77. The Morgan fingerprint density at radius 2 is 2.40 bits per heavy atom. The van der Waals surface area contributed by atoms with Crippen molar-refractivity contribution in [2.24, 2.45) is 0 Å². The summed E-state index contributed by atoms with van der Waals surface area (Å²) in [6, 6.07) is 1.61. The first-order valence-electron chi connectivity index (χ1n) is 3.92. The van der Waals surface area contributed by atoms with Gasteiger partial charge in [-0.15, -0.1) is 11.3 Å². The fraction of sp³-hybridized carbons (Fsp3) is 0.125. The zero-order chi connectivity index (χ0) is 11.0. The van der Waals surface area contributed by atoms with Crippen LogP contribution in [0.15, 0.2) is 22.6 Å². The van der Waals surface area contributed by atoms with Crippen LogP contribution in [0.4, 0.5) is 4.39 Å². The Bertz CT molecular complexity index is 577. The zero-order valence-electron chi connectivity index (χ0n) is 7.25. The van der Waals surface area contributed by atoms with Crippen LogP contribution in [-0.2, 0) is 4.79 Å². The predicted octanol–water partition coefficient (Wildman–Crippen LogP) is 1.01. The highest BCUT2D eigenvalue weighted by molar-refractivity contribution is 7.17. The van der Waals surface area contributed by atoms with Gasteiger partial charge in [0.05, 0.1) is 5.52 Å². The summed E-state index contributed by atoms with van der Waals surface area (Å²) >= 11 is 1.10. The Balaban J connectivity index is 2.67. The van der Waals surface area contributed by atoms with Gasteiger partial charge in [-0.3, -0.25) is 9.36 Å². The van der Waals surface area contributed by atoms with Crippen molar-refractivity contribution < 1.29 is 14.3 Å². The normalized spacial score (nSPS) is 12.9. The van der Waals surface area contributed by atoms with E-state index in [1.807, 2.05) is 0 Å². The summed E-state index contributed by atoms with van der Waals surface area (Å²) in [6.07, 6.45) is -1.49. The number of carboxylic acids is 1. The molecule has 0 aliphatic heterocycles. The van der Waals surface area contributed by atoms with Crippen molar-refractivity contribution in [1.82, 2.24) is 9.55 Å². The van der Waals surface area contributed by atoms with Gasteiger partial charge >= 0.3 is 5.97 Å². The summed E-state index contributed by atoms with van der Waals surface area (Å²) < 4.78 is 13.8. The van der Waals surface area contributed by atoms with Gasteiger partial charge in [-0.2, -0.15) is 0 Å². The molecule has 0 aromatic carbocycles. The Morgan fingerprint density at radius 1 is 1.67 bits per heavy atom. The number of alkyl halides is 1. The largest absolute Gasteiger partial charge is 0.478 e. The average Bonchev–Trinajstić information content (AvgIpc) is 2.66. The highest BCUT2D eigenvalue weighted by Crippen LogP contribution is 2.15. The SMILES string of the molecule is O=C(O)C(F)n1cnc2ccsc2c1=O. The van der Waals surface area contributed by atoms with Crippen LogP contribution in [0.3, 0.4) is 0 Å². The molecule has 0 amide bonds. The molecule has 0 saturated heterocycles. The van der Waals surface area contributed by atoms with Crippen molar-refractivity contribution in [2.75, 3.05) is 0 Å². The summed E-state index contributed by atoms with van der Waals surface area (Å²) in [4.78, 5) is 25.7. The highest BCUT2D eigenvalue weighted by Gasteiger charge is 2.20. The van der Waals surface area contributed by atoms with E-state index in [2.05, 4.69) is 4.98 Å². The molecule has 0 fully saturated rings. The number of aromatic nitrogens is 2. The van der Waals surface area contributed by atoms with Gasteiger partial charge in [-0.05, 0) is 11.4 Å². The van der Waals surface area contributed by atoms with Crippen molar-refractivity contribution in [1.29, 1.82) is 0 Å². The first-order chi connectivity index (χ1) is 7.11. The van der Waals surface area contributed by atoms with Gasteiger partial charge in [0, 0.05) is 0 Å². The Labute approximate surface area is 86.4 Å². The first-order valence-corrected chi connectivity index (χ1v) is 4.80. The van der Waals surface area contributed by atoms with E-state index in [0.29, 0.717) is 10.1 Å². The Kier molecular flexibility index (Phi) is 2.24. The van der Waals surface area contributed by atoms with E-state index >= 15 is 0 Å². The van der Waals surface area contributed by atoms with E-state index in [1.54, 1.807) is 11.4 Å². The third kappa shape index (κ3) is 1.50. The molecule has 0 saturated carbocycles. The molecular weight excluding hydrogens is 223 g/mol. The molecule has 0 radical (unpaired) electrons. The maximum absolute atomic E-state index is 13.1. The van der Waals surface area contributed by atoms with Crippen LogP contribution in [-0.4, -0.2) is 20.6 Å². The topological polar surface area (TPSA) is 72.2 Å². The molecule has 15 heavy (non-hydrogen) atoms. The monoisotopic (exact) mass is 228 g/mol. The quantitative estimate of drug-likeness (QED) is 0.832. The number of nitrogens with zero attached hydrogens (tertiary/aromatic N) is 2. The average molecular weight is 228 g/mol. The van der Waals surface area contributed by atoms with Crippen molar-refractivity contribution in [3.8, 4) is 0 Å². The number of rotatable bonds is 2. The lowest BCUT2D eigenvalue weighted by molar-refractivity contribution is -0.146. The van der Waals surface area contributed by atoms with Crippen LogP contribution in [0.2, 0.25) is 0 Å². The molecule has 2 aromatic rings. The number of hydrogen-bond acceptors (Lipinski definition) is 4. The minimum Gasteiger partial charge on any atom is -0.478 e. The van der Waals surface area contributed by atoms with Crippen LogP contribution in [0.5, 0.6) is 0 Å². The molecule has 1 N–H and O–H groups in total. The molecular formula is C8H5FN2O3S. The molecule has 0 spiro atoms. The van der Waals surface area contributed by atoms with Gasteiger partial charge in [-0.1, -0.05) is 0 Å². The number of hydrogen-bond donors (Lipinski definition) is 1. The summed E-state index contributed by atoms with van der Waals surface area (Å²) in [5.41, 5.74) is -0.233. The number of fused-ring (bicyclic) bond motifs is 1. The summed E-state index contributed by atoms with van der Waals surface area (Å²) in [5, 5.41) is 10.1. The number of carbonyl (C=O) groups is 1. The number of thiophene rings is 1. The number of halogens is 1. The van der Waals surface area contributed by atoms with Gasteiger partial charge in [-0.25, -0.2) is 14.2 Å². The molecule has 2 heterocycles. The molecule has 2 aromatic heterocycles. The molecule has 0 aliphatic rings. The molecule has 0 aliphatic carbocycles. The van der Waals surface area contributed by atoms with Gasteiger partial charge in [0.25, 0.3) is 11.9 Å². The lowest BCUT2D eigenvalue weighted by Crippen LogP contribution is -2.26. The van der Waals surface area contributed by atoms with Crippen LogP contribution in [0, 0.1) is 0 Å². The Hall–Kier alpha value is -1.76. The summed E-state index contributed by atoms with van der Waals surface area (Å²) in [7, 11) is 0. The van der Waals surface area contributed by atoms with E-state index in [-0.39, 0.29) is 4.70 Å². The van der Waals surface area contributed by atoms with Crippen LogP contribution >= 0.6 is 11.3 Å². The van der Waals surface area contributed by atoms with Gasteiger partial charge < -0.3 is 5.11 Å². The maximum atomic E-state index is 13.1. The summed E-state index contributed by atoms with van der Waals surface area (Å²) in [5.74, 6) is -1.71. The smallest absolute Gasteiger partial charge is 0.360 e. The van der Waals surface area contributed by atoms with Crippen molar-refractivity contribution in [3.63, 3.8) is 0 Å². The molecule has 7 heteroatoms. The van der Waals surface area contributed by atoms with Gasteiger partial charge in [0.15, 0.2) is 0 Å². The second kappa shape index (κ2) is 3.43. The van der Waals surface area contributed by atoms with Gasteiger partial charge in [0.1, 0.15) is 11.0 Å². The van der Waals surface area contributed by atoms with Crippen molar-refractivity contribution in [3.05, 3.63) is 28.1 Å². The van der Waals surface area contributed by atoms with E-state index < -0.39 is 17.8 Å². The van der Waals surface area contributed by atoms with Crippen LogP contribution in [0.25, 0.3) is 10.2 Å². The first kappa shape index (κ1) is 9.78. The lowest BCUT2D eigenvalue weighted by atomic mass is 10.4. The van der Waals surface area contributed by atoms with Crippen LogP contribution in [0.1, 0.15) is 6.30 Å². The zero-order valence-corrected chi connectivity index (χ0v) is 8.07. The second-order valence-corrected chi connectivity index (χ2v) is 3.68. The molecule has 2 rings (SSSR count). The predicted molar refractivity (Wildman–Crippen MR) is 51.7 cm³/mol. The van der Waals surface area contributed by atoms with E-state index in [4.69, 9.17) is 5.11 Å². The molecule has 0 bridgehead atoms. The highest BCUT2D eigenvalue weighted by atomic mass is 32.1. The fourth-order valence-electron chi connectivity index (χ4n) is 1.14. The minimum absolute atomic E-state index is 0.251.